The second kappa shape index (κ2) is 11.9. The summed E-state index contributed by atoms with van der Waals surface area (Å²) in [6.45, 7) is 4.40. The van der Waals surface area contributed by atoms with Crippen molar-refractivity contribution in [3.05, 3.63) is 65.4 Å². The van der Waals surface area contributed by atoms with Gasteiger partial charge in [0.2, 0.25) is 15.8 Å². The van der Waals surface area contributed by atoms with Gasteiger partial charge in [0.05, 0.1) is 13.3 Å². The number of sulfone groups is 1. The third kappa shape index (κ3) is 6.50. The Balaban J connectivity index is 1.43. The van der Waals surface area contributed by atoms with Crippen LogP contribution < -0.4 is 15.0 Å². The molecular formula is C31H36N6O5S. The number of amides is 1. The second-order valence-corrected chi connectivity index (χ2v) is 13.3. The van der Waals surface area contributed by atoms with E-state index in [2.05, 4.69) is 25.3 Å². The van der Waals surface area contributed by atoms with Gasteiger partial charge in [-0.3, -0.25) is 4.79 Å². The molecule has 2 fully saturated rings. The first-order valence-corrected chi connectivity index (χ1v) is 16.4. The number of benzene rings is 2. The number of anilines is 1. The van der Waals surface area contributed by atoms with E-state index in [0.29, 0.717) is 54.9 Å². The SMILES string of the molecule is COc1ccc(CN(CC2CCOCC2)c2nc(S(C)(=O)=O)nc3c(-c4ccc(C(=O)NC5CC5)c(C)c4)cnn23)cc1. The average Bonchev–Trinajstić information content (AvgIpc) is 3.71. The van der Waals surface area contributed by atoms with Gasteiger partial charge in [-0.1, -0.05) is 24.3 Å². The topological polar surface area (TPSA) is 128 Å². The highest BCUT2D eigenvalue weighted by atomic mass is 32.2. The molecule has 1 saturated carbocycles. The Morgan fingerprint density at radius 3 is 2.49 bits per heavy atom. The predicted molar refractivity (Wildman–Crippen MR) is 162 cm³/mol. The van der Waals surface area contributed by atoms with Crippen LogP contribution in [-0.4, -0.2) is 73.1 Å². The van der Waals surface area contributed by atoms with Crippen LogP contribution in [0.5, 0.6) is 5.75 Å². The van der Waals surface area contributed by atoms with Crippen LogP contribution in [0.15, 0.2) is 53.8 Å². The van der Waals surface area contributed by atoms with Gasteiger partial charge < -0.3 is 19.7 Å². The number of ether oxygens (including phenoxy) is 2. The number of aromatic nitrogens is 4. The molecule has 12 heteroatoms. The molecule has 2 aromatic heterocycles. The van der Waals surface area contributed by atoms with Gasteiger partial charge in [0.25, 0.3) is 11.1 Å². The van der Waals surface area contributed by atoms with Gasteiger partial charge in [0.15, 0.2) is 5.65 Å². The van der Waals surface area contributed by atoms with Crippen LogP contribution in [0.1, 0.15) is 47.2 Å². The second-order valence-electron chi connectivity index (χ2n) is 11.4. The van der Waals surface area contributed by atoms with Crippen LogP contribution in [0, 0.1) is 12.8 Å². The summed E-state index contributed by atoms with van der Waals surface area (Å²) in [6, 6.07) is 13.6. The lowest BCUT2D eigenvalue weighted by molar-refractivity contribution is 0.0680. The van der Waals surface area contributed by atoms with Gasteiger partial charge >= 0.3 is 0 Å². The molecule has 43 heavy (non-hydrogen) atoms. The van der Waals surface area contributed by atoms with E-state index in [1.54, 1.807) is 23.9 Å². The molecule has 1 saturated heterocycles. The number of aryl methyl sites for hydroxylation is 1. The molecule has 1 aliphatic carbocycles. The lowest BCUT2D eigenvalue weighted by Gasteiger charge is -2.30. The Morgan fingerprint density at radius 2 is 1.84 bits per heavy atom. The molecule has 1 amide bonds. The van der Waals surface area contributed by atoms with E-state index in [0.717, 1.165) is 54.4 Å². The lowest BCUT2D eigenvalue weighted by atomic mass is 9.99. The zero-order chi connectivity index (χ0) is 30.1. The number of hydrogen-bond donors (Lipinski definition) is 1. The smallest absolute Gasteiger partial charge is 0.252 e. The summed E-state index contributed by atoms with van der Waals surface area (Å²) < 4.78 is 38.3. The first kappa shape index (κ1) is 29.1. The Morgan fingerprint density at radius 1 is 1.09 bits per heavy atom. The van der Waals surface area contributed by atoms with Crippen molar-refractivity contribution in [1.29, 1.82) is 0 Å². The van der Waals surface area contributed by atoms with Crippen molar-refractivity contribution in [3.8, 4) is 16.9 Å². The minimum absolute atomic E-state index is 0.0855. The van der Waals surface area contributed by atoms with Crippen LogP contribution >= 0.6 is 0 Å². The van der Waals surface area contributed by atoms with Crippen molar-refractivity contribution in [2.75, 3.05) is 38.0 Å². The van der Waals surface area contributed by atoms with Crippen molar-refractivity contribution in [2.24, 2.45) is 5.92 Å². The zero-order valence-electron chi connectivity index (χ0n) is 24.6. The summed E-state index contributed by atoms with van der Waals surface area (Å²) in [5, 5.41) is 7.44. The molecule has 1 aliphatic heterocycles. The van der Waals surface area contributed by atoms with E-state index in [4.69, 9.17) is 9.47 Å². The normalized spacial score (nSPS) is 15.9. The van der Waals surface area contributed by atoms with E-state index in [9.17, 15) is 13.2 Å². The Labute approximate surface area is 251 Å². The number of methoxy groups -OCH3 is 1. The Hall–Kier alpha value is -4.03. The van der Waals surface area contributed by atoms with Gasteiger partial charge in [0.1, 0.15) is 5.75 Å². The number of carbonyl (C=O) groups excluding carboxylic acids is 1. The largest absolute Gasteiger partial charge is 0.497 e. The lowest BCUT2D eigenvalue weighted by Crippen LogP contribution is -2.34. The molecular weight excluding hydrogens is 568 g/mol. The van der Waals surface area contributed by atoms with Crippen LogP contribution in [0.4, 0.5) is 5.95 Å². The van der Waals surface area contributed by atoms with E-state index in [1.165, 1.54) is 0 Å². The molecule has 1 N–H and O–H groups in total. The average molecular weight is 605 g/mol. The minimum Gasteiger partial charge on any atom is -0.497 e. The molecule has 4 aromatic rings. The third-order valence-corrected chi connectivity index (χ3v) is 8.84. The van der Waals surface area contributed by atoms with Crippen LogP contribution in [0.25, 0.3) is 16.8 Å². The fourth-order valence-corrected chi connectivity index (χ4v) is 5.90. The number of hydrogen-bond acceptors (Lipinski definition) is 9. The maximum Gasteiger partial charge on any atom is 0.252 e. The number of nitrogens with zero attached hydrogens (tertiary/aromatic N) is 5. The predicted octanol–water partition coefficient (Wildman–Crippen LogP) is 3.84. The van der Waals surface area contributed by atoms with Crippen LogP contribution in [0.2, 0.25) is 0 Å². The summed E-state index contributed by atoms with van der Waals surface area (Å²) in [4.78, 5) is 23.9. The maximum absolute atomic E-state index is 12.9. The first-order chi connectivity index (χ1) is 20.7. The van der Waals surface area contributed by atoms with E-state index >= 15 is 0 Å². The highest BCUT2D eigenvalue weighted by molar-refractivity contribution is 7.90. The monoisotopic (exact) mass is 604 g/mol. The highest BCUT2D eigenvalue weighted by Gasteiger charge is 2.27. The van der Waals surface area contributed by atoms with Crippen LogP contribution in [-0.2, 0) is 21.1 Å². The molecule has 2 aromatic carbocycles. The highest BCUT2D eigenvalue weighted by Crippen LogP contribution is 2.30. The molecule has 0 atom stereocenters. The molecule has 3 heterocycles. The van der Waals surface area contributed by atoms with Gasteiger partial charge in [-0.25, -0.2) is 8.42 Å². The number of rotatable bonds is 10. The third-order valence-electron chi connectivity index (χ3n) is 7.99. The Kier molecular flexibility index (Phi) is 8.06. The molecule has 0 unspecified atom stereocenters. The summed E-state index contributed by atoms with van der Waals surface area (Å²) in [5.74, 6) is 1.41. The number of fused-ring (bicyclic) bond motifs is 1. The standard InChI is InChI=1S/C31H36N6O5S/c1-20-16-23(6-11-26(20)29(38)33-24-7-8-24)27-17-32-37-28(27)34-30(43(3,39)40)35-31(37)36(19-22-12-14-42-15-13-22)18-21-4-9-25(41-2)10-5-21/h4-6,9-11,16-17,22,24H,7-8,12-15,18-19H2,1-3H3,(H,33,38). The van der Waals surface area contributed by atoms with Crippen molar-refractivity contribution in [3.63, 3.8) is 0 Å². The molecule has 226 valence electrons. The summed E-state index contributed by atoms with van der Waals surface area (Å²) >= 11 is 0. The zero-order valence-corrected chi connectivity index (χ0v) is 25.4. The van der Waals surface area contributed by atoms with Crippen molar-refractivity contribution in [1.82, 2.24) is 24.9 Å². The van der Waals surface area contributed by atoms with Crippen molar-refractivity contribution >= 4 is 27.3 Å². The van der Waals surface area contributed by atoms with E-state index in [1.807, 2.05) is 43.3 Å². The fourth-order valence-electron chi connectivity index (χ4n) is 5.40. The molecule has 0 spiro atoms. The minimum atomic E-state index is -3.75. The first-order valence-electron chi connectivity index (χ1n) is 14.5. The van der Waals surface area contributed by atoms with Crippen molar-refractivity contribution in [2.45, 2.75) is 50.4 Å². The molecule has 11 nitrogen and oxygen atoms in total. The van der Waals surface area contributed by atoms with E-state index in [-0.39, 0.29) is 17.1 Å². The fraction of sp³-hybridized carbons (Fsp3) is 0.419. The maximum atomic E-state index is 12.9. The van der Waals surface area contributed by atoms with Crippen LogP contribution in [0.3, 0.4) is 0 Å². The van der Waals surface area contributed by atoms with Gasteiger partial charge in [0, 0.05) is 49.7 Å². The number of nitrogens with one attached hydrogen (secondary N) is 1. The summed E-state index contributed by atoms with van der Waals surface area (Å²) in [6.07, 6.45) is 6.62. The summed E-state index contributed by atoms with van der Waals surface area (Å²) in [7, 11) is -2.12. The Bertz CT molecular complexity index is 1740. The molecule has 6 rings (SSSR count). The number of carbonyl (C=O) groups is 1. The van der Waals surface area contributed by atoms with Gasteiger partial charge in [-0.15, -0.1) is 0 Å². The van der Waals surface area contributed by atoms with E-state index < -0.39 is 9.84 Å². The van der Waals surface area contributed by atoms with Crippen molar-refractivity contribution < 1.29 is 22.7 Å². The molecule has 0 radical (unpaired) electrons. The summed E-state index contributed by atoms with van der Waals surface area (Å²) in [5.41, 5.74) is 4.26. The molecule has 0 bridgehead atoms. The molecule has 2 aliphatic rings. The van der Waals surface area contributed by atoms with Gasteiger partial charge in [-0.2, -0.15) is 19.6 Å². The van der Waals surface area contributed by atoms with Gasteiger partial charge in [-0.05, 0) is 73.4 Å². The quantitative estimate of drug-likeness (QED) is 0.287.